The highest BCUT2D eigenvalue weighted by Crippen LogP contribution is 2.25. The minimum atomic E-state index is -1.20. The van der Waals surface area contributed by atoms with Crippen LogP contribution in [0.15, 0.2) is 18.3 Å². The Hall–Kier alpha value is -1.98. The lowest BCUT2D eigenvalue weighted by molar-refractivity contribution is 0.496. The van der Waals surface area contributed by atoms with E-state index in [0.717, 1.165) is 17.3 Å². The molecule has 1 heterocycles. The Kier molecular flexibility index (Phi) is 3.98. The SMILES string of the molecule is Cn1cc(CNc2cc(F)c(F)cc2F)c(C(C)(C)C)n1. The maximum Gasteiger partial charge on any atom is 0.161 e. The Morgan fingerprint density at radius 1 is 1.10 bits per heavy atom. The molecule has 0 radical (unpaired) electrons. The number of aromatic nitrogens is 2. The summed E-state index contributed by atoms with van der Waals surface area (Å²) in [6, 6.07) is 1.35. The molecule has 1 N–H and O–H groups in total. The molecule has 6 heteroatoms. The quantitative estimate of drug-likeness (QED) is 0.875. The molecule has 0 spiro atoms. The number of nitrogens with one attached hydrogen (secondary N) is 1. The second-order valence-corrected chi connectivity index (χ2v) is 6.03. The maximum atomic E-state index is 13.6. The molecular formula is C15H18F3N3. The van der Waals surface area contributed by atoms with Crippen molar-refractivity contribution >= 4 is 5.69 Å². The molecule has 0 amide bonds. The summed E-state index contributed by atoms with van der Waals surface area (Å²) < 4.78 is 41.3. The number of hydrogen-bond acceptors (Lipinski definition) is 2. The summed E-state index contributed by atoms with van der Waals surface area (Å²) in [7, 11) is 1.80. The van der Waals surface area contributed by atoms with Gasteiger partial charge in [0, 0.05) is 42.9 Å². The number of anilines is 1. The summed E-state index contributed by atoms with van der Waals surface area (Å²) >= 11 is 0. The highest BCUT2D eigenvalue weighted by Gasteiger charge is 2.22. The van der Waals surface area contributed by atoms with Gasteiger partial charge in [-0.05, 0) is 0 Å². The zero-order chi connectivity index (χ0) is 15.8. The normalized spacial score (nSPS) is 11.8. The Balaban J connectivity index is 2.23. The summed E-state index contributed by atoms with van der Waals surface area (Å²) in [5.74, 6) is -3.11. The summed E-state index contributed by atoms with van der Waals surface area (Å²) in [6.45, 7) is 6.35. The third kappa shape index (κ3) is 3.37. The molecule has 0 fully saturated rings. The molecule has 114 valence electrons. The van der Waals surface area contributed by atoms with Gasteiger partial charge in [-0.15, -0.1) is 0 Å². The summed E-state index contributed by atoms with van der Waals surface area (Å²) in [5, 5.41) is 7.19. The van der Waals surface area contributed by atoms with Crippen LogP contribution in [0.25, 0.3) is 0 Å². The van der Waals surface area contributed by atoms with E-state index in [1.165, 1.54) is 0 Å². The van der Waals surface area contributed by atoms with Gasteiger partial charge in [-0.2, -0.15) is 5.10 Å². The molecule has 21 heavy (non-hydrogen) atoms. The van der Waals surface area contributed by atoms with Gasteiger partial charge in [0.2, 0.25) is 0 Å². The topological polar surface area (TPSA) is 29.9 Å². The summed E-state index contributed by atoms with van der Waals surface area (Å²) in [5.41, 5.74) is 1.53. The van der Waals surface area contributed by atoms with Crippen molar-refractivity contribution in [2.24, 2.45) is 7.05 Å². The zero-order valence-electron chi connectivity index (χ0n) is 12.5. The third-order valence-corrected chi connectivity index (χ3v) is 3.09. The number of rotatable bonds is 3. The van der Waals surface area contributed by atoms with Crippen molar-refractivity contribution < 1.29 is 13.2 Å². The van der Waals surface area contributed by atoms with E-state index in [2.05, 4.69) is 10.4 Å². The van der Waals surface area contributed by atoms with Crippen molar-refractivity contribution in [3.8, 4) is 0 Å². The number of halogens is 3. The molecule has 0 saturated carbocycles. The van der Waals surface area contributed by atoms with Gasteiger partial charge in [-0.3, -0.25) is 4.68 Å². The molecule has 3 nitrogen and oxygen atoms in total. The van der Waals surface area contributed by atoms with E-state index in [0.29, 0.717) is 6.07 Å². The average Bonchev–Trinajstić information content (AvgIpc) is 2.73. The second kappa shape index (κ2) is 5.42. The smallest absolute Gasteiger partial charge is 0.161 e. The first kappa shape index (κ1) is 15.4. The van der Waals surface area contributed by atoms with Crippen LogP contribution in [-0.4, -0.2) is 9.78 Å². The minimum absolute atomic E-state index is 0.0717. The van der Waals surface area contributed by atoms with Crippen molar-refractivity contribution in [2.45, 2.75) is 32.7 Å². The second-order valence-electron chi connectivity index (χ2n) is 6.03. The molecule has 1 aromatic carbocycles. The Morgan fingerprint density at radius 2 is 1.71 bits per heavy atom. The first-order valence-corrected chi connectivity index (χ1v) is 6.60. The number of aryl methyl sites for hydroxylation is 1. The fourth-order valence-corrected chi connectivity index (χ4v) is 2.15. The van der Waals surface area contributed by atoms with Crippen molar-refractivity contribution in [3.05, 3.63) is 47.0 Å². The van der Waals surface area contributed by atoms with Crippen LogP contribution in [0.4, 0.5) is 18.9 Å². The van der Waals surface area contributed by atoms with Crippen molar-refractivity contribution in [3.63, 3.8) is 0 Å². The predicted octanol–water partition coefficient (Wildman–Crippen LogP) is 3.75. The molecule has 2 aromatic rings. The van der Waals surface area contributed by atoms with Crippen molar-refractivity contribution in [1.82, 2.24) is 9.78 Å². The maximum absolute atomic E-state index is 13.6. The van der Waals surface area contributed by atoms with E-state index in [4.69, 9.17) is 0 Å². The summed E-state index contributed by atoms with van der Waals surface area (Å²) in [4.78, 5) is 0. The molecule has 0 unspecified atom stereocenters. The largest absolute Gasteiger partial charge is 0.378 e. The van der Waals surface area contributed by atoms with Crippen LogP contribution in [0.3, 0.4) is 0 Å². The van der Waals surface area contributed by atoms with Crippen LogP contribution in [0, 0.1) is 17.5 Å². The number of hydrogen-bond donors (Lipinski definition) is 1. The molecule has 0 aliphatic carbocycles. The Labute approximate surface area is 121 Å². The fraction of sp³-hybridized carbons (Fsp3) is 0.400. The molecule has 0 aliphatic rings. The lowest BCUT2D eigenvalue weighted by Crippen LogP contribution is -2.16. The van der Waals surface area contributed by atoms with Gasteiger partial charge >= 0.3 is 0 Å². The van der Waals surface area contributed by atoms with Gasteiger partial charge in [0.05, 0.1) is 11.4 Å². The van der Waals surface area contributed by atoms with Crippen LogP contribution in [0.5, 0.6) is 0 Å². The molecular weight excluding hydrogens is 279 g/mol. The van der Waals surface area contributed by atoms with Gasteiger partial charge in [-0.25, -0.2) is 13.2 Å². The van der Waals surface area contributed by atoms with Gasteiger partial charge in [0.25, 0.3) is 0 Å². The van der Waals surface area contributed by atoms with Crippen LogP contribution in [0.2, 0.25) is 0 Å². The van der Waals surface area contributed by atoms with E-state index in [1.54, 1.807) is 11.7 Å². The van der Waals surface area contributed by atoms with E-state index in [-0.39, 0.29) is 17.6 Å². The highest BCUT2D eigenvalue weighted by atomic mass is 19.2. The van der Waals surface area contributed by atoms with Gasteiger partial charge in [0.15, 0.2) is 11.6 Å². The average molecular weight is 297 g/mol. The van der Waals surface area contributed by atoms with Crippen LogP contribution >= 0.6 is 0 Å². The van der Waals surface area contributed by atoms with E-state index in [1.807, 2.05) is 27.0 Å². The van der Waals surface area contributed by atoms with Crippen LogP contribution in [0.1, 0.15) is 32.0 Å². The molecule has 2 rings (SSSR count). The zero-order valence-corrected chi connectivity index (χ0v) is 12.5. The molecule has 0 atom stereocenters. The minimum Gasteiger partial charge on any atom is -0.378 e. The lowest BCUT2D eigenvalue weighted by Gasteiger charge is -2.18. The Morgan fingerprint density at radius 3 is 2.33 bits per heavy atom. The van der Waals surface area contributed by atoms with E-state index >= 15 is 0 Å². The highest BCUT2D eigenvalue weighted by molar-refractivity contribution is 5.46. The van der Waals surface area contributed by atoms with Crippen molar-refractivity contribution in [2.75, 3.05) is 5.32 Å². The monoisotopic (exact) mass is 297 g/mol. The van der Waals surface area contributed by atoms with Gasteiger partial charge < -0.3 is 5.32 Å². The first-order valence-electron chi connectivity index (χ1n) is 6.60. The molecule has 0 bridgehead atoms. The number of benzene rings is 1. The molecule has 0 aliphatic heterocycles. The predicted molar refractivity (Wildman–Crippen MR) is 75.6 cm³/mol. The summed E-state index contributed by atoms with van der Waals surface area (Å²) in [6.07, 6.45) is 1.82. The lowest BCUT2D eigenvalue weighted by atomic mass is 9.89. The first-order chi connectivity index (χ1) is 9.68. The Bertz CT molecular complexity index is 657. The van der Waals surface area contributed by atoms with Crippen LogP contribution < -0.4 is 5.32 Å². The molecule has 1 aromatic heterocycles. The van der Waals surface area contributed by atoms with Gasteiger partial charge in [-0.1, -0.05) is 20.8 Å². The van der Waals surface area contributed by atoms with Crippen LogP contribution in [-0.2, 0) is 19.0 Å². The fourth-order valence-electron chi connectivity index (χ4n) is 2.15. The molecule has 0 saturated heterocycles. The third-order valence-electron chi connectivity index (χ3n) is 3.09. The number of nitrogens with zero attached hydrogens (tertiary/aromatic N) is 2. The standard InChI is InChI=1S/C15H18F3N3/c1-15(2,3)14-9(8-21(4)20-14)7-19-13-6-11(17)10(16)5-12(13)18/h5-6,8,19H,7H2,1-4H3. The van der Waals surface area contributed by atoms with Crippen molar-refractivity contribution in [1.29, 1.82) is 0 Å². The van der Waals surface area contributed by atoms with E-state index < -0.39 is 17.5 Å². The van der Waals surface area contributed by atoms with E-state index in [9.17, 15) is 13.2 Å². The van der Waals surface area contributed by atoms with Gasteiger partial charge in [0.1, 0.15) is 5.82 Å².